The van der Waals surface area contributed by atoms with Gasteiger partial charge in [0, 0.05) is 38.3 Å². The van der Waals surface area contributed by atoms with E-state index in [4.69, 9.17) is 0 Å². The molecule has 0 bridgehead atoms. The second kappa shape index (κ2) is 7.76. The molecule has 1 aliphatic heterocycles. The molecule has 1 unspecified atom stereocenters. The van der Waals surface area contributed by atoms with Crippen molar-refractivity contribution >= 4 is 5.91 Å². The number of β-amino-alcohol motifs (C(OH)–C–C–N with tert-alkyl or cyclic N) is 1. The quantitative estimate of drug-likeness (QED) is 0.929. The number of carbonyl (C=O) groups is 1. The van der Waals surface area contributed by atoms with E-state index in [0.717, 1.165) is 24.2 Å². The van der Waals surface area contributed by atoms with Crippen molar-refractivity contribution in [2.24, 2.45) is 0 Å². The highest BCUT2D eigenvalue weighted by Crippen LogP contribution is 2.20. The minimum atomic E-state index is -0.656. The molecule has 2 aromatic rings. The van der Waals surface area contributed by atoms with Crippen LogP contribution in [0.1, 0.15) is 27.6 Å². The van der Waals surface area contributed by atoms with Crippen LogP contribution in [0.4, 0.5) is 4.39 Å². The summed E-state index contributed by atoms with van der Waals surface area (Å²) in [7, 11) is 0. The topological polar surface area (TPSA) is 43.8 Å². The van der Waals surface area contributed by atoms with E-state index in [2.05, 4.69) is 4.90 Å². The summed E-state index contributed by atoms with van der Waals surface area (Å²) in [6, 6.07) is 13.7. The maximum atomic E-state index is 13.2. The number of aliphatic hydroxyl groups is 1. The third kappa shape index (κ3) is 4.24. The molecule has 0 aliphatic carbocycles. The van der Waals surface area contributed by atoms with Crippen LogP contribution < -0.4 is 0 Å². The normalized spacial score (nSPS) is 16.7. The molecule has 3 rings (SSSR count). The van der Waals surface area contributed by atoms with E-state index in [1.54, 1.807) is 13.0 Å². The molecule has 4 nitrogen and oxygen atoms in total. The Hall–Kier alpha value is -2.24. The second-order valence-electron chi connectivity index (χ2n) is 6.48. The first kappa shape index (κ1) is 17.6. The van der Waals surface area contributed by atoms with Crippen molar-refractivity contribution in [3.8, 4) is 0 Å². The van der Waals surface area contributed by atoms with E-state index in [1.807, 2.05) is 35.2 Å². The molecule has 0 saturated carbocycles. The van der Waals surface area contributed by atoms with Crippen molar-refractivity contribution < 1.29 is 14.3 Å². The lowest BCUT2D eigenvalue weighted by atomic mass is 10.0. The van der Waals surface area contributed by atoms with Crippen molar-refractivity contribution in [3.05, 3.63) is 71.0 Å². The molecule has 1 atom stereocenters. The lowest BCUT2D eigenvalue weighted by molar-refractivity contribution is 0.0526. The van der Waals surface area contributed by atoms with Crippen LogP contribution in [-0.4, -0.2) is 53.5 Å². The van der Waals surface area contributed by atoms with Gasteiger partial charge in [0.2, 0.25) is 0 Å². The molecule has 1 amide bonds. The van der Waals surface area contributed by atoms with Gasteiger partial charge in [0.25, 0.3) is 5.91 Å². The molecule has 0 radical (unpaired) electrons. The summed E-state index contributed by atoms with van der Waals surface area (Å²) in [5.41, 5.74) is 2.22. The zero-order valence-electron chi connectivity index (χ0n) is 14.4. The molecule has 1 fully saturated rings. The van der Waals surface area contributed by atoms with Crippen LogP contribution in [0.3, 0.4) is 0 Å². The molecular formula is C20H23FN2O2. The smallest absolute Gasteiger partial charge is 0.253 e. The monoisotopic (exact) mass is 342 g/mol. The fraction of sp³-hybridized carbons (Fsp3) is 0.350. The van der Waals surface area contributed by atoms with E-state index in [1.165, 1.54) is 12.1 Å². The van der Waals surface area contributed by atoms with Crippen LogP contribution in [0.25, 0.3) is 0 Å². The number of aliphatic hydroxyl groups excluding tert-OH is 1. The van der Waals surface area contributed by atoms with E-state index in [9.17, 15) is 14.3 Å². The highest BCUT2D eigenvalue weighted by molar-refractivity contribution is 5.94. The van der Waals surface area contributed by atoms with E-state index in [0.29, 0.717) is 25.2 Å². The Morgan fingerprint density at radius 3 is 2.44 bits per heavy atom. The molecule has 1 aliphatic rings. The molecule has 25 heavy (non-hydrogen) atoms. The van der Waals surface area contributed by atoms with Crippen molar-refractivity contribution in [2.75, 3.05) is 32.7 Å². The average molecular weight is 342 g/mol. The predicted octanol–water partition coefficient (Wildman–Crippen LogP) is 2.63. The molecule has 2 aromatic carbocycles. The number of hydrogen-bond donors (Lipinski definition) is 1. The number of benzene rings is 2. The Morgan fingerprint density at radius 2 is 1.80 bits per heavy atom. The summed E-state index contributed by atoms with van der Waals surface area (Å²) in [5, 5.41) is 10.5. The number of carbonyl (C=O) groups excluding carboxylic acids is 1. The van der Waals surface area contributed by atoms with E-state index >= 15 is 0 Å². The Labute approximate surface area is 147 Å². The van der Waals surface area contributed by atoms with E-state index in [-0.39, 0.29) is 11.7 Å². The highest BCUT2D eigenvalue weighted by atomic mass is 19.1. The minimum Gasteiger partial charge on any atom is -0.387 e. The Morgan fingerprint density at radius 1 is 1.12 bits per heavy atom. The van der Waals surface area contributed by atoms with Crippen LogP contribution >= 0.6 is 0 Å². The first-order chi connectivity index (χ1) is 12.0. The molecule has 0 spiro atoms. The zero-order chi connectivity index (χ0) is 17.8. The first-order valence-electron chi connectivity index (χ1n) is 8.55. The zero-order valence-corrected chi connectivity index (χ0v) is 14.4. The highest BCUT2D eigenvalue weighted by Gasteiger charge is 2.24. The van der Waals surface area contributed by atoms with Crippen molar-refractivity contribution in [1.82, 2.24) is 9.80 Å². The molecule has 5 heteroatoms. The van der Waals surface area contributed by atoms with Gasteiger partial charge >= 0.3 is 0 Å². The van der Waals surface area contributed by atoms with Gasteiger partial charge in [0.1, 0.15) is 5.82 Å². The maximum Gasteiger partial charge on any atom is 0.253 e. The molecule has 1 heterocycles. The van der Waals surface area contributed by atoms with Gasteiger partial charge < -0.3 is 10.0 Å². The van der Waals surface area contributed by atoms with Crippen LogP contribution in [0, 0.1) is 12.7 Å². The standard InChI is InChI=1S/C20H23FN2O2/c1-15-13-17(21)7-8-18(15)19(24)14-22-9-11-23(12-10-22)20(25)16-5-3-2-4-6-16/h2-8,13,19,24H,9-12,14H2,1H3. The molecule has 1 N–H and O–H groups in total. The van der Waals surface area contributed by atoms with Crippen LogP contribution in [0.2, 0.25) is 0 Å². The van der Waals surface area contributed by atoms with Gasteiger partial charge in [-0.25, -0.2) is 4.39 Å². The maximum absolute atomic E-state index is 13.2. The first-order valence-corrected chi connectivity index (χ1v) is 8.55. The third-order valence-corrected chi connectivity index (χ3v) is 4.70. The van der Waals surface area contributed by atoms with Crippen molar-refractivity contribution in [1.29, 1.82) is 0 Å². The Balaban J connectivity index is 1.55. The number of hydrogen-bond acceptors (Lipinski definition) is 3. The lowest BCUT2D eigenvalue weighted by Gasteiger charge is -2.35. The van der Waals surface area contributed by atoms with Gasteiger partial charge in [0.05, 0.1) is 6.10 Å². The summed E-state index contributed by atoms with van der Waals surface area (Å²) >= 11 is 0. The molecule has 1 saturated heterocycles. The largest absolute Gasteiger partial charge is 0.387 e. The van der Waals surface area contributed by atoms with Gasteiger partial charge in [-0.15, -0.1) is 0 Å². The van der Waals surface area contributed by atoms with Crippen LogP contribution in [0.15, 0.2) is 48.5 Å². The molecule has 132 valence electrons. The average Bonchev–Trinajstić information content (AvgIpc) is 2.62. The molecule has 0 aromatic heterocycles. The number of piperazine rings is 1. The summed E-state index contributed by atoms with van der Waals surface area (Å²) < 4.78 is 13.2. The fourth-order valence-electron chi connectivity index (χ4n) is 3.25. The Kier molecular flexibility index (Phi) is 5.46. The van der Waals surface area contributed by atoms with Crippen molar-refractivity contribution in [3.63, 3.8) is 0 Å². The van der Waals surface area contributed by atoms with Crippen molar-refractivity contribution in [2.45, 2.75) is 13.0 Å². The van der Waals surface area contributed by atoms with Crippen LogP contribution in [-0.2, 0) is 0 Å². The summed E-state index contributed by atoms with van der Waals surface area (Å²) in [6.07, 6.45) is -0.656. The third-order valence-electron chi connectivity index (χ3n) is 4.70. The summed E-state index contributed by atoms with van der Waals surface area (Å²) in [6.45, 7) is 5.01. The number of halogens is 1. The van der Waals surface area contributed by atoms with Gasteiger partial charge in [-0.05, 0) is 42.3 Å². The lowest BCUT2D eigenvalue weighted by Crippen LogP contribution is -2.49. The predicted molar refractivity (Wildman–Crippen MR) is 94.9 cm³/mol. The minimum absolute atomic E-state index is 0.0511. The SMILES string of the molecule is Cc1cc(F)ccc1C(O)CN1CCN(C(=O)c2ccccc2)CC1. The van der Waals surface area contributed by atoms with E-state index < -0.39 is 6.10 Å². The second-order valence-corrected chi connectivity index (χ2v) is 6.48. The number of amides is 1. The Bertz CT molecular complexity index is 728. The summed E-state index contributed by atoms with van der Waals surface area (Å²) in [4.78, 5) is 16.4. The molecular weight excluding hydrogens is 319 g/mol. The van der Waals surface area contributed by atoms with Crippen LogP contribution in [0.5, 0.6) is 0 Å². The van der Waals surface area contributed by atoms with Gasteiger partial charge in [-0.3, -0.25) is 9.69 Å². The van der Waals surface area contributed by atoms with Gasteiger partial charge in [-0.1, -0.05) is 24.3 Å². The van der Waals surface area contributed by atoms with Gasteiger partial charge in [0.15, 0.2) is 0 Å². The number of aryl methyl sites for hydroxylation is 1. The summed E-state index contributed by atoms with van der Waals surface area (Å²) in [5.74, 6) is -0.239. The number of nitrogens with zero attached hydrogens (tertiary/aromatic N) is 2. The number of rotatable bonds is 4. The fourth-order valence-corrected chi connectivity index (χ4v) is 3.25. The van der Waals surface area contributed by atoms with Gasteiger partial charge in [-0.2, -0.15) is 0 Å².